The van der Waals surface area contributed by atoms with E-state index in [0.717, 1.165) is 54.0 Å². The van der Waals surface area contributed by atoms with Gasteiger partial charge in [0.25, 0.3) is 5.91 Å². The summed E-state index contributed by atoms with van der Waals surface area (Å²) in [7, 11) is 3.18. The minimum atomic E-state index is -2.67. The molecule has 0 radical (unpaired) electrons. The quantitative estimate of drug-likeness (QED) is 0.188. The van der Waals surface area contributed by atoms with Crippen LogP contribution in [0, 0.1) is 17.8 Å². The largest absolute Gasteiger partial charge is 0.508 e. The van der Waals surface area contributed by atoms with E-state index in [-0.39, 0.29) is 29.7 Å². The number of aliphatic hydroxyl groups excluding tert-OH is 2. The van der Waals surface area contributed by atoms with Crippen LogP contribution >= 0.6 is 0 Å². The number of Topliss-reactive ketones (excluding diaryl/α,β-unsaturated/α-hetero) is 2. The Hall–Kier alpha value is -4.47. The summed E-state index contributed by atoms with van der Waals surface area (Å²) in [6.45, 7) is 4.44. The van der Waals surface area contributed by atoms with Crippen molar-refractivity contribution in [3.63, 3.8) is 0 Å². The van der Waals surface area contributed by atoms with E-state index in [9.17, 15) is 34.8 Å². The zero-order chi connectivity index (χ0) is 34.7. The van der Waals surface area contributed by atoms with E-state index in [1.54, 1.807) is 14.1 Å². The van der Waals surface area contributed by atoms with Crippen molar-refractivity contribution in [2.45, 2.75) is 70.4 Å². The molecule has 3 aromatic carbocycles. The summed E-state index contributed by atoms with van der Waals surface area (Å²) in [5.41, 5.74) is 5.51. The molecule has 3 aliphatic carbocycles. The standard InChI is InChI=1S/C39H44N2O7/c1-5-9-20(10-6-2)17-21-13-14-25(24-12-8-7-11-23(21)24)26-15-16-29(42)31-27(26)18-22-19-28-33(41(3)4)35(44)32(38(40)47)37(46)39(28,48)36(45)30(22)34(31)43/h7-8,11-16,20,22,28,33,42-43,46,48H,5-6,9-10,17-19H2,1-4H3,(H2,40,47)/t22-,28-,33-,39-/m1/s1. The molecular formula is C39H44N2O7. The summed E-state index contributed by atoms with van der Waals surface area (Å²) < 4.78 is 0. The number of fused-ring (bicyclic) bond motifs is 4. The highest BCUT2D eigenvalue weighted by Gasteiger charge is 2.64. The number of primary amides is 1. The molecular weight excluding hydrogens is 608 g/mol. The molecule has 9 heteroatoms. The van der Waals surface area contributed by atoms with Crippen LogP contribution in [0.4, 0.5) is 0 Å². The van der Waals surface area contributed by atoms with E-state index >= 15 is 0 Å². The summed E-state index contributed by atoms with van der Waals surface area (Å²) in [6.07, 6.45) is 5.83. The van der Waals surface area contributed by atoms with E-state index in [0.29, 0.717) is 11.5 Å². The minimum Gasteiger partial charge on any atom is -0.508 e. The first kappa shape index (κ1) is 33.4. The third kappa shape index (κ3) is 5.02. The Labute approximate surface area is 280 Å². The molecule has 0 aromatic heterocycles. The van der Waals surface area contributed by atoms with Gasteiger partial charge >= 0.3 is 0 Å². The summed E-state index contributed by atoms with van der Waals surface area (Å²) in [4.78, 5) is 41.4. The molecule has 1 saturated carbocycles. The van der Waals surface area contributed by atoms with Crippen LogP contribution in [-0.4, -0.2) is 68.5 Å². The van der Waals surface area contributed by atoms with Gasteiger partial charge in [0, 0.05) is 11.5 Å². The SMILES string of the molecule is CCCC(CCC)Cc1ccc(-c2ccc(O)c3c2C[C@@H]2C[C@@H]4[C@@H](N(C)C)C(=O)C(C(N)=O)=C(O)[C@]4(O)C(=O)C2=C3O)c2ccccc12. The van der Waals surface area contributed by atoms with Gasteiger partial charge in [0.1, 0.15) is 22.8 Å². The lowest BCUT2D eigenvalue weighted by atomic mass is 9.57. The molecule has 0 aliphatic heterocycles. The van der Waals surface area contributed by atoms with Crippen LogP contribution < -0.4 is 5.73 Å². The average molecular weight is 653 g/mol. The van der Waals surface area contributed by atoms with Crippen molar-refractivity contribution in [1.82, 2.24) is 4.90 Å². The number of hydrogen-bond donors (Lipinski definition) is 5. The van der Waals surface area contributed by atoms with E-state index in [4.69, 9.17) is 5.73 Å². The molecule has 9 nitrogen and oxygen atoms in total. The van der Waals surface area contributed by atoms with E-state index in [2.05, 4.69) is 38.1 Å². The van der Waals surface area contributed by atoms with Gasteiger partial charge in [0.2, 0.25) is 5.78 Å². The third-order valence-electron chi connectivity index (χ3n) is 10.8. The predicted molar refractivity (Wildman–Crippen MR) is 184 cm³/mol. The van der Waals surface area contributed by atoms with Gasteiger partial charge in [-0.3, -0.25) is 19.3 Å². The Kier molecular flexibility index (Phi) is 8.72. The molecule has 0 heterocycles. The maximum Gasteiger partial charge on any atom is 0.255 e. The highest BCUT2D eigenvalue weighted by molar-refractivity contribution is 6.24. The number of likely N-dealkylation sites (N-methyl/N-ethyl adjacent to an activating group) is 1. The first-order valence-corrected chi connectivity index (χ1v) is 16.9. The second kappa shape index (κ2) is 12.5. The number of nitrogens with zero attached hydrogens (tertiary/aromatic N) is 1. The second-order valence-electron chi connectivity index (χ2n) is 13.9. The number of hydrogen-bond acceptors (Lipinski definition) is 8. The average Bonchev–Trinajstić information content (AvgIpc) is 3.03. The Bertz CT molecular complexity index is 1900. The van der Waals surface area contributed by atoms with Crippen LogP contribution in [0.2, 0.25) is 0 Å². The zero-order valence-corrected chi connectivity index (χ0v) is 27.9. The Morgan fingerprint density at radius 1 is 0.958 bits per heavy atom. The molecule has 0 unspecified atom stereocenters. The fourth-order valence-electron chi connectivity index (χ4n) is 8.75. The minimum absolute atomic E-state index is 0.0385. The number of ketones is 2. The zero-order valence-electron chi connectivity index (χ0n) is 27.9. The number of amides is 1. The van der Waals surface area contributed by atoms with Gasteiger partial charge in [-0.1, -0.05) is 82.0 Å². The molecule has 6 rings (SSSR count). The normalized spacial score (nSPS) is 23.9. The van der Waals surface area contributed by atoms with Gasteiger partial charge < -0.3 is 26.2 Å². The fraction of sp³-hybridized carbons (Fsp3) is 0.410. The number of benzene rings is 3. The molecule has 6 N–H and O–H groups in total. The molecule has 1 amide bonds. The van der Waals surface area contributed by atoms with Crippen molar-refractivity contribution in [2.24, 2.45) is 23.5 Å². The van der Waals surface area contributed by atoms with E-state index < -0.39 is 58.0 Å². The highest BCUT2D eigenvalue weighted by Crippen LogP contribution is 2.54. The van der Waals surface area contributed by atoms with Crippen molar-refractivity contribution in [2.75, 3.05) is 14.1 Å². The maximum atomic E-state index is 14.2. The molecule has 48 heavy (non-hydrogen) atoms. The van der Waals surface area contributed by atoms with Crippen molar-refractivity contribution >= 4 is 34.0 Å². The lowest BCUT2D eigenvalue weighted by Crippen LogP contribution is -2.65. The van der Waals surface area contributed by atoms with Crippen LogP contribution in [0.15, 0.2) is 65.4 Å². The summed E-state index contributed by atoms with van der Waals surface area (Å²) >= 11 is 0. The van der Waals surface area contributed by atoms with Crippen molar-refractivity contribution in [1.29, 1.82) is 0 Å². The molecule has 1 fully saturated rings. The Morgan fingerprint density at radius 2 is 1.60 bits per heavy atom. The van der Waals surface area contributed by atoms with Gasteiger partial charge in [0.15, 0.2) is 11.4 Å². The molecule has 252 valence electrons. The Balaban J connectivity index is 1.51. The number of carbonyl (C=O) groups is 3. The van der Waals surface area contributed by atoms with Crippen molar-refractivity contribution < 1.29 is 34.8 Å². The van der Waals surface area contributed by atoms with Gasteiger partial charge in [-0.25, -0.2) is 0 Å². The van der Waals surface area contributed by atoms with E-state index in [1.807, 2.05) is 18.2 Å². The summed E-state index contributed by atoms with van der Waals surface area (Å²) in [5, 5.41) is 48.1. The Morgan fingerprint density at radius 3 is 2.23 bits per heavy atom. The molecule has 0 spiro atoms. The van der Waals surface area contributed by atoms with Crippen LogP contribution in [-0.2, 0) is 27.2 Å². The van der Waals surface area contributed by atoms with Gasteiger partial charge in [-0.05, 0) is 84.3 Å². The maximum absolute atomic E-state index is 14.2. The molecule has 4 atom stereocenters. The topological polar surface area (TPSA) is 161 Å². The van der Waals surface area contributed by atoms with Crippen LogP contribution in [0.1, 0.15) is 62.6 Å². The lowest BCUT2D eigenvalue weighted by molar-refractivity contribution is -0.153. The van der Waals surface area contributed by atoms with Crippen LogP contribution in [0.3, 0.4) is 0 Å². The summed E-state index contributed by atoms with van der Waals surface area (Å²) in [5.74, 6) is -6.06. The monoisotopic (exact) mass is 652 g/mol. The lowest BCUT2D eigenvalue weighted by Gasteiger charge is -2.50. The molecule has 3 aliphatic rings. The number of aromatic hydroxyl groups is 1. The number of phenolic OH excluding ortho intramolecular Hbond substituents is 1. The smallest absolute Gasteiger partial charge is 0.255 e. The number of carbonyl (C=O) groups excluding carboxylic acids is 3. The van der Waals surface area contributed by atoms with E-state index in [1.165, 1.54) is 16.5 Å². The number of aliphatic hydroxyl groups is 3. The van der Waals surface area contributed by atoms with Crippen LogP contribution in [0.5, 0.6) is 5.75 Å². The molecule has 0 bridgehead atoms. The highest BCUT2D eigenvalue weighted by atomic mass is 16.3. The summed E-state index contributed by atoms with van der Waals surface area (Å²) in [6, 6.07) is 14.7. The predicted octanol–water partition coefficient (Wildman–Crippen LogP) is 5.54. The van der Waals surface area contributed by atoms with Crippen LogP contribution in [0.25, 0.3) is 27.7 Å². The third-order valence-corrected chi connectivity index (χ3v) is 10.8. The fourth-order valence-corrected chi connectivity index (χ4v) is 8.75. The number of phenols is 1. The van der Waals surface area contributed by atoms with Gasteiger partial charge in [0.05, 0.1) is 11.6 Å². The molecule has 0 saturated heterocycles. The second-order valence-corrected chi connectivity index (χ2v) is 13.9. The van der Waals surface area contributed by atoms with Crippen molar-refractivity contribution in [3.05, 3.63) is 82.1 Å². The van der Waals surface area contributed by atoms with Gasteiger partial charge in [-0.15, -0.1) is 0 Å². The van der Waals surface area contributed by atoms with Crippen molar-refractivity contribution in [3.8, 4) is 16.9 Å². The first-order chi connectivity index (χ1) is 22.9. The van der Waals surface area contributed by atoms with Gasteiger partial charge in [-0.2, -0.15) is 0 Å². The number of nitrogens with two attached hydrogens (primary N) is 1. The first-order valence-electron chi connectivity index (χ1n) is 16.9. The molecule has 3 aromatic rings. The number of rotatable bonds is 9.